The van der Waals surface area contributed by atoms with Crippen molar-refractivity contribution in [2.24, 2.45) is 5.92 Å². The van der Waals surface area contributed by atoms with Gasteiger partial charge in [0.05, 0.1) is 13.2 Å². The fourth-order valence-electron chi connectivity index (χ4n) is 4.47. The normalized spacial score (nSPS) is 28.6. The lowest BCUT2D eigenvalue weighted by molar-refractivity contribution is -0.142. The van der Waals surface area contributed by atoms with Crippen molar-refractivity contribution in [1.29, 1.82) is 0 Å². The molecule has 25 heavy (non-hydrogen) atoms. The lowest BCUT2D eigenvalue weighted by Gasteiger charge is -2.48. The van der Waals surface area contributed by atoms with Crippen molar-refractivity contribution < 1.29 is 18.7 Å². The van der Waals surface area contributed by atoms with Crippen molar-refractivity contribution in [2.45, 2.75) is 57.2 Å². The van der Waals surface area contributed by atoms with Gasteiger partial charge < -0.3 is 14.1 Å². The predicted molar refractivity (Wildman–Crippen MR) is 91.0 cm³/mol. The summed E-state index contributed by atoms with van der Waals surface area (Å²) in [7, 11) is 1.36. The zero-order chi connectivity index (χ0) is 17.6. The number of rotatable bonds is 4. The highest BCUT2D eigenvalue weighted by molar-refractivity contribution is 5.86. The van der Waals surface area contributed by atoms with E-state index in [-0.39, 0.29) is 11.8 Å². The predicted octanol–water partition coefficient (Wildman–Crippen LogP) is 2.60. The first-order chi connectivity index (χ1) is 12.1. The molecule has 0 spiro atoms. The summed E-state index contributed by atoms with van der Waals surface area (Å²) in [5.74, 6) is 1.51. The van der Waals surface area contributed by atoms with E-state index < -0.39 is 5.97 Å². The molecule has 0 unspecified atom stereocenters. The monoisotopic (exact) mass is 346 g/mol. The highest BCUT2D eigenvalue weighted by atomic mass is 16.5. The van der Waals surface area contributed by atoms with E-state index in [9.17, 15) is 9.59 Å². The van der Waals surface area contributed by atoms with E-state index in [1.54, 1.807) is 6.07 Å². The van der Waals surface area contributed by atoms with Crippen molar-refractivity contribution in [3.05, 3.63) is 23.7 Å². The first-order valence-electron chi connectivity index (χ1n) is 9.31. The Morgan fingerprint density at radius 1 is 1.28 bits per heavy atom. The quantitative estimate of drug-likeness (QED) is 0.784. The number of carbonyl (C=O) groups excluding carboxylic acids is 2. The fraction of sp³-hybridized carbons (Fsp3) is 0.684. The summed E-state index contributed by atoms with van der Waals surface area (Å²) in [4.78, 5) is 28.5. The lowest BCUT2D eigenvalue weighted by atomic mass is 9.82. The van der Waals surface area contributed by atoms with Gasteiger partial charge in [-0.2, -0.15) is 0 Å². The SMILES string of the molecule is COC(=O)c1ccc([C@H](C)N2CC[C@@H]3[C@H](CCC(=O)N3C3CC3)C2)o1. The van der Waals surface area contributed by atoms with E-state index in [0.29, 0.717) is 30.3 Å². The summed E-state index contributed by atoms with van der Waals surface area (Å²) in [6, 6.07) is 4.59. The number of hydrogen-bond donors (Lipinski definition) is 0. The average Bonchev–Trinajstić information content (AvgIpc) is 3.34. The summed E-state index contributed by atoms with van der Waals surface area (Å²) in [5, 5.41) is 0. The molecule has 3 atom stereocenters. The first kappa shape index (κ1) is 16.6. The molecule has 1 amide bonds. The van der Waals surface area contributed by atoms with Crippen molar-refractivity contribution in [2.75, 3.05) is 20.2 Å². The van der Waals surface area contributed by atoms with Gasteiger partial charge in [0.1, 0.15) is 5.76 Å². The molecular formula is C19H26N2O4. The molecule has 6 nitrogen and oxygen atoms in total. The highest BCUT2D eigenvalue weighted by Gasteiger charge is 2.45. The van der Waals surface area contributed by atoms with Gasteiger partial charge in [-0.15, -0.1) is 0 Å². The molecule has 1 aliphatic carbocycles. The van der Waals surface area contributed by atoms with E-state index in [4.69, 9.17) is 9.15 Å². The molecule has 136 valence electrons. The van der Waals surface area contributed by atoms with Crippen LogP contribution in [0.1, 0.15) is 61.4 Å². The highest BCUT2D eigenvalue weighted by Crippen LogP contribution is 2.40. The Labute approximate surface area is 148 Å². The van der Waals surface area contributed by atoms with Crippen LogP contribution in [-0.4, -0.2) is 54.0 Å². The number of piperidine rings is 2. The van der Waals surface area contributed by atoms with Gasteiger partial charge in [-0.3, -0.25) is 9.69 Å². The van der Waals surface area contributed by atoms with E-state index in [0.717, 1.165) is 31.7 Å². The Kier molecular flexibility index (Phi) is 4.31. The molecule has 2 aliphatic heterocycles. The van der Waals surface area contributed by atoms with Gasteiger partial charge in [0.25, 0.3) is 0 Å². The van der Waals surface area contributed by atoms with E-state index in [2.05, 4.69) is 16.7 Å². The molecule has 0 radical (unpaired) electrons. The van der Waals surface area contributed by atoms with E-state index in [1.807, 2.05) is 6.07 Å². The van der Waals surface area contributed by atoms with Gasteiger partial charge in [-0.25, -0.2) is 4.79 Å². The topological polar surface area (TPSA) is 63.0 Å². The lowest BCUT2D eigenvalue weighted by Crippen LogP contribution is -2.56. The van der Waals surface area contributed by atoms with Crippen molar-refractivity contribution >= 4 is 11.9 Å². The standard InChI is InChI=1S/C19H26N2O4/c1-12(16-6-7-17(25-16)19(23)24-2)20-10-9-15-13(11-20)3-8-18(22)21(15)14-4-5-14/h6-7,12-15H,3-5,8-11H2,1-2H3/t12-,13+,15+/m0/s1. The summed E-state index contributed by atoms with van der Waals surface area (Å²) >= 11 is 0. The molecule has 0 N–H and O–H groups in total. The zero-order valence-corrected chi connectivity index (χ0v) is 14.9. The summed E-state index contributed by atoms with van der Waals surface area (Å²) in [6.07, 6.45) is 5.06. The van der Waals surface area contributed by atoms with Crippen LogP contribution < -0.4 is 0 Å². The van der Waals surface area contributed by atoms with Crippen LogP contribution in [0.4, 0.5) is 0 Å². The molecule has 4 rings (SSSR count). The molecule has 1 saturated carbocycles. The number of furan rings is 1. The first-order valence-corrected chi connectivity index (χ1v) is 9.31. The summed E-state index contributed by atoms with van der Waals surface area (Å²) in [6.45, 7) is 4.05. The second-order valence-corrected chi connectivity index (χ2v) is 7.55. The van der Waals surface area contributed by atoms with Crippen LogP contribution in [0.5, 0.6) is 0 Å². The number of amides is 1. The Bertz CT molecular complexity index is 666. The third-order valence-corrected chi connectivity index (χ3v) is 6.01. The zero-order valence-electron chi connectivity index (χ0n) is 14.9. The number of ether oxygens (including phenoxy) is 1. The van der Waals surface area contributed by atoms with Crippen LogP contribution in [-0.2, 0) is 9.53 Å². The van der Waals surface area contributed by atoms with E-state index >= 15 is 0 Å². The van der Waals surface area contributed by atoms with Gasteiger partial charge in [0, 0.05) is 31.6 Å². The molecule has 0 bridgehead atoms. The third kappa shape index (κ3) is 3.08. The van der Waals surface area contributed by atoms with E-state index in [1.165, 1.54) is 20.0 Å². The molecule has 2 saturated heterocycles. The third-order valence-electron chi connectivity index (χ3n) is 6.01. The van der Waals surface area contributed by atoms with Crippen LogP contribution in [0.3, 0.4) is 0 Å². The van der Waals surface area contributed by atoms with Crippen LogP contribution in [0.2, 0.25) is 0 Å². The molecular weight excluding hydrogens is 320 g/mol. The second kappa shape index (κ2) is 6.48. The Morgan fingerprint density at radius 3 is 2.80 bits per heavy atom. The van der Waals surface area contributed by atoms with Crippen LogP contribution >= 0.6 is 0 Å². The Morgan fingerprint density at radius 2 is 2.08 bits per heavy atom. The Hall–Kier alpha value is -1.82. The molecule has 0 aromatic carbocycles. The molecule has 1 aromatic heterocycles. The van der Waals surface area contributed by atoms with Gasteiger partial charge in [0.15, 0.2) is 0 Å². The largest absolute Gasteiger partial charge is 0.463 e. The number of hydrogen-bond acceptors (Lipinski definition) is 5. The second-order valence-electron chi connectivity index (χ2n) is 7.55. The van der Waals surface area contributed by atoms with Crippen molar-refractivity contribution in [3.63, 3.8) is 0 Å². The van der Waals surface area contributed by atoms with Gasteiger partial charge in [-0.1, -0.05) is 0 Å². The maximum absolute atomic E-state index is 12.3. The minimum Gasteiger partial charge on any atom is -0.463 e. The molecule has 3 fully saturated rings. The number of methoxy groups -OCH3 is 1. The molecule has 3 heterocycles. The summed E-state index contributed by atoms with van der Waals surface area (Å²) in [5.41, 5.74) is 0. The van der Waals surface area contributed by atoms with Gasteiger partial charge in [-0.05, 0) is 50.7 Å². The van der Waals surface area contributed by atoms with Crippen LogP contribution in [0.25, 0.3) is 0 Å². The van der Waals surface area contributed by atoms with Crippen molar-refractivity contribution in [3.8, 4) is 0 Å². The Balaban J connectivity index is 1.44. The minimum atomic E-state index is -0.442. The van der Waals surface area contributed by atoms with Gasteiger partial charge >= 0.3 is 5.97 Å². The van der Waals surface area contributed by atoms with Gasteiger partial charge in [0.2, 0.25) is 11.7 Å². The number of likely N-dealkylation sites (tertiary alicyclic amines) is 2. The van der Waals surface area contributed by atoms with Crippen molar-refractivity contribution in [1.82, 2.24) is 9.80 Å². The number of esters is 1. The maximum atomic E-state index is 12.3. The van der Waals surface area contributed by atoms with Crippen LogP contribution in [0, 0.1) is 5.92 Å². The fourth-order valence-corrected chi connectivity index (χ4v) is 4.47. The summed E-state index contributed by atoms with van der Waals surface area (Å²) < 4.78 is 10.4. The molecule has 6 heteroatoms. The maximum Gasteiger partial charge on any atom is 0.373 e. The minimum absolute atomic E-state index is 0.117. The number of fused-ring (bicyclic) bond motifs is 1. The number of carbonyl (C=O) groups is 2. The molecule has 1 aromatic rings. The smallest absolute Gasteiger partial charge is 0.373 e. The average molecular weight is 346 g/mol. The molecule has 3 aliphatic rings. The number of nitrogens with zero attached hydrogens (tertiary/aromatic N) is 2. The van der Waals surface area contributed by atoms with Crippen LogP contribution in [0.15, 0.2) is 16.5 Å².